The van der Waals surface area contributed by atoms with Crippen LogP contribution in [0.2, 0.25) is 0 Å². The minimum atomic E-state index is -0.860. The van der Waals surface area contributed by atoms with E-state index in [0.717, 1.165) is 5.56 Å². The van der Waals surface area contributed by atoms with Crippen LogP contribution < -0.4 is 0 Å². The van der Waals surface area contributed by atoms with Crippen LogP contribution in [0.15, 0.2) is 42.5 Å². The third kappa shape index (κ3) is 2.57. The maximum atomic E-state index is 13.1. The van der Waals surface area contributed by atoms with Crippen LogP contribution in [-0.2, 0) is 6.42 Å². The van der Waals surface area contributed by atoms with Crippen molar-refractivity contribution >= 4 is 0 Å². The zero-order valence-electron chi connectivity index (χ0n) is 10.0. The van der Waals surface area contributed by atoms with Crippen molar-refractivity contribution in [2.24, 2.45) is 0 Å². The van der Waals surface area contributed by atoms with Crippen LogP contribution >= 0.6 is 0 Å². The first-order chi connectivity index (χ1) is 8.61. The van der Waals surface area contributed by atoms with Crippen molar-refractivity contribution in [1.82, 2.24) is 0 Å². The number of rotatable bonds is 3. The highest BCUT2D eigenvalue weighted by atomic mass is 19.1. The number of benzene rings is 2. The molecular formula is C15H14F2O. The molecule has 0 amide bonds. The Kier molecular flexibility index (Phi) is 3.72. The van der Waals surface area contributed by atoms with Gasteiger partial charge < -0.3 is 5.11 Å². The van der Waals surface area contributed by atoms with E-state index in [4.69, 9.17) is 0 Å². The number of hydrogen-bond acceptors (Lipinski definition) is 1. The molecule has 0 aliphatic rings. The van der Waals surface area contributed by atoms with Crippen molar-refractivity contribution in [1.29, 1.82) is 0 Å². The second kappa shape index (κ2) is 5.27. The Hall–Kier alpha value is -1.74. The van der Waals surface area contributed by atoms with Crippen LogP contribution in [0.3, 0.4) is 0 Å². The molecule has 0 fully saturated rings. The topological polar surface area (TPSA) is 20.2 Å². The summed E-state index contributed by atoms with van der Waals surface area (Å²) < 4.78 is 25.9. The van der Waals surface area contributed by atoms with Gasteiger partial charge in [0.15, 0.2) is 0 Å². The molecule has 0 saturated heterocycles. The van der Waals surface area contributed by atoms with E-state index in [1.807, 2.05) is 6.92 Å². The Morgan fingerprint density at radius 1 is 1.00 bits per heavy atom. The summed E-state index contributed by atoms with van der Waals surface area (Å²) in [5.74, 6) is -0.664. The van der Waals surface area contributed by atoms with Gasteiger partial charge in [-0.05, 0) is 47.4 Å². The van der Waals surface area contributed by atoms with Gasteiger partial charge in [0.25, 0.3) is 0 Å². The Bertz CT molecular complexity index is 535. The van der Waals surface area contributed by atoms with Crippen LogP contribution in [0.5, 0.6) is 0 Å². The molecule has 1 nitrogen and oxygen atoms in total. The molecule has 1 unspecified atom stereocenters. The van der Waals surface area contributed by atoms with Gasteiger partial charge in [0.1, 0.15) is 17.7 Å². The summed E-state index contributed by atoms with van der Waals surface area (Å²) in [6.45, 7) is 1.90. The Morgan fingerprint density at radius 2 is 1.61 bits per heavy atom. The van der Waals surface area contributed by atoms with Gasteiger partial charge in [-0.3, -0.25) is 0 Å². The fraction of sp³-hybridized carbons (Fsp3) is 0.200. The predicted octanol–water partition coefficient (Wildman–Crippen LogP) is 3.61. The molecule has 0 radical (unpaired) electrons. The predicted molar refractivity (Wildman–Crippen MR) is 66.2 cm³/mol. The van der Waals surface area contributed by atoms with Crippen LogP contribution in [0, 0.1) is 11.6 Å². The first kappa shape index (κ1) is 12.7. The molecule has 0 bridgehead atoms. The highest BCUT2D eigenvalue weighted by Gasteiger charge is 2.14. The number of aliphatic hydroxyl groups excluding tert-OH is 1. The lowest BCUT2D eigenvalue weighted by atomic mass is 9.95. The molecule has 0 spiro atoms. The summed E-state index contributed by atoms with van der Waals surface area (Å²) >= 11 is 0. The molecule has 0 saturated carbocycles. The lowest BCUT2D eigenvalue weighted by molar-refractivity contribution is 0.219. The van der Waals surface area contributed by atoms with E-state index in [1.165, 1.54) is 36.4 Å². The minimum absolute atomic E-state index is 0.318. The normalized spacial score (nSPS) is 12.4. The van der Waals surface area contributed by atoms with Gasteiger partial charge >= 0.3 is 0 Å². The number of aliphatic hydroxyl groups is 1. The molecule has 0 aromatic heterocycles. The van der Waals surface area contributed by atoms with Crippen molar-refractivity contribution in [2.75, 3.05) is 0 Å². The molecule has 94 valence electrons. The van der Waals surface area contributed by atoms with Crippen LogP contribution in [0.1, 0.15) is 29.7 Å². The Labute approximate surface area is 105 Å². The Morgan fingerprint density at radius 3 is 2.22 bits per heavy atom. The van der Waals surface area contributed by atoms with Crippen molar-refractivity contribution in [3.05, 3.63) is 70.8 Å². The summed E-state index contributed by atoms with van der Waals surface area (Å²) in [4.78, 5) is 0. The fourth-order valence-corrected chi connectivity index (χ4v) is 1.97. The average molecular weight is 248 g/mol. The molecule has 18 heavy (non-hydrogen) atoms. The minimum Gasteiger partial charge on any atom is -0.384 e. The van der Waals surface area contributed by atoms with Crippen LogP contribution in [-0.4, -0.2) is 5.11 Å². The van der Waals surface area contributed by atoms with Crippen molar-refractivity contribution in [3.63, 3.8) is 0 Å². The molecule has 0 aliphatic carbocycles. The fourth-order valence-electron chi connectivity index (χ4n) is 1.97. The monoisotopic (exact) mass is 248 g/mol. The maximum absolute atomic E-state index is 13.1. The first-order valence-corrected chi connectivity index (χ1v) is 5.83. The quantitative estimate of drug-likeness (QED) is 0.879. The van der Waals surface area contributed by atoms with Gasteiger partial charge in [-0.15, -0.1) is 0 Å². The highest BCUT2D eigenvalue weighted by Crippen LogP contribution is 2.26. The van der Waals surface area contributed by atoms with E-state index >= 15 is 0 Å². The molecule has 2 aromatic rings. The zero-order valence-corrected chi connectivity index (χ0v) is 10.0. The van der Waals surface area contributed by atoms with E-state index in [2.05, 4.69) is 0 Å². The second-order valence-corrected chi connectivity index (χ2v) is 4.15. The van der Waals surface area contributed by atoms with Gasteiger partial charge in [0.05, 0.1) is 0 Å². The van der Waals surface area contributed by atoms with Gasteiger partial charge in [-0.1, -0.05) is 25.1 Å². The lowest BCUT2D eigenvalue weighted by Crippen LogP contribution is -2.04. The van der Waals surface area contributed by atoms with Gasteiger partial charge in [0, 0.05) is 0 Å². The summed E-state index contributed by atoms with van der Waals surface area (Å²) in [5, 5.41) is 10.2. The molecule has 2 rings (SSSR count). The van der Waals surface area contributed by atoms with Gasteiger partial charge in [-0.25, -0.2) is 8.78 Å². The van der Waals surface area contributed by atoms with Crippen molar-refractivity contribution in [2.45, 2.75) is 19.4 Å². The summed E-state index contributed by atoms with van der Waals surface area (Å²) in [6.07, 6.45) is -0.230. The third-order valence-electron chi connectivity index (χ3n) is 2.97. The molecule has 0 heterocycles. The highest BCUT2D eigenvalue weighted by molar-refractivity contribution is 5.36. The van der Waals surface area contributed by atoms with E-state index in [1.54, 1.807) is 6.07 Å². The van der Waals surface area contributed by atoms with E-state index < -0.39 is 6.10 Å². The van der Waals surface area contributed by atoms with Crippen molar-refractivity contribution in [3.8, 4) is 0 Å². The number of hydrogen-bond donors (Lipinski definition) is 1. The standard InChI is InChI=1S/C15H14F2O/c1-2-10-9-13(17)7-8-14(10)15(18)11-3-5-12(16)6-4-11/h3-9,15,18H,2H2,1H3. The SMILES string of the molecule is CCc1cc(F)ccc1C(O)c1ccc(F)cc1. The second-order valence-electron chi connectivity index (χ2n) is 4.15. The largest absolute Gasteiger partial charge is 0.384 e. The maximum Gasteiger partial charge on any atom is 0.123 e. The number of aryl methyl sites for hydroxylation is 1. The lowest BCUT2D eigenvalue weighted by Gasteiger charge is -2.15. The third-order valence-corrected chi connectivity index (χ3v) is 2.97. The average Bonchev–Trinajstić information content (AvgIpc) is 2.38. The van der Waals surface area contributed by atoms with Crippen LogP contribution in [0.25, 0.3) is 0 Å². The zero-order chi connectivity index (χ0) is 13.1. The molecule has 2 aromatic carbocycles. The van der Waals surface area contributed by atoms with E-state index in [0.29, 0.717) is 17.5 Å². The van der Waals surface area contributed by atoms with E-state index in [-0.39, 0.29) is 11.6 Å². The summed E-state index contributed by atoms with van der Waals surface area (Å²) in [5.41, 5.74) is 2.01. The van der Waals surface area contributed by atoms with Crippen LogP contribution in [0.4, 0.5) is 8.78 Å². The molecule has 3 heteroatoms. The van der Waals surface area contributed by atoms with Gasteiger partial charge in [0.2, 0.25) is 0 Å². The summed E-state index contributed by atoms with van der Waals surface area (Å²) in [6, 6.07) is 9.97. The van der Waals surface area contributed by atoms with Crippen molar-refractivity contribution < 1.29 is 13.9 Å². The number of halogens is 2. The van der Waals surface area contributed by atoms with E-state index in [9.17, 15) is 13.9 Å². The first-order valence-electron chi connectivity index (χ1n) is 5.83. The summed E-state index contributed by atoms with van der Waals surface area (Å²) in [7, 11) is 0. The van der Waals surface area contributed by atoms with Gasteiger partial charge in [-0.2, -0.15) is 0 Å². The molecular weight excluding hydrogens is 234 g/mol. The molecule has 1 atom stereocenters. The Balaban J connectivity index is 2.39. The molecule has 1 N–H and O–H groups in total. The molecule has 0 aliphatic heterocycles. The smallest absolute Gasteiger partial charge is 0.123 e.